The molecule has 4 heteroatoms. The van der Waals surface area contributed by atoms with E-state index in [4.69, 9.17) is 10.8 Å². The van der Waals surface area contributed by atoms with E-state index in [2.05, 4.69) is 10.6 Å². The van der Waals surface area contributed by atoms with Crippen molar-refractivity contribution in [3.05, 3.63) is 0 Å². The highest BCUT2D eigenvalue weighted by Crippen LogP contribution is 1.74. The fourth-order valence-corrected chi connectivity index (χ4v) is 0.895. The van der Waals surface area contributed by atoms with Crippen molar-refractivity contribution in [2.75, 3.05) is 39.3 Å². The normalized spacial score (nSPS) is 10.5. The number of aliphatic hydroxyl groups excluding tert-OH is 1. The van der Waals surface area contributed by atoms with Gasteiger partial charge in [0.25, 0.3) is 0 Å². The van der Waals surface area contributed by atoms with Gasteiger partial charge in [-0.05, 0) is 39.0 Å². The standard InChI is InChI=1S/C8H21N3O/c9-3-1-4-10-5-2-6-11-7-8-12/h10-12H,1-9H2. The Morgan fingerprint density at radius 1 is 0.917 bits per heavy atom. The summed E-state index contributed by atoms with van der Waals surface area (Å²) in [6.07, 6.45) is 2.15. The summed E-state index contributed by atoms with van der Waals surface area (Å²) in [5.74, 6) is 0. The summed E-state index contributed by atoms with van der Waals surface area (Å²) in [7, 11) is 0. The lowest BCUT2D eigenvalue weighted by Gasteiger charge is -2.04. The third-order valence-electron chi connectivity index (χ3n) is 1.55. The van der Waals surface area contributed by atoms with Crippen LogP contribution in [0.2, 0.25) is 0 Å². The Labute approximate surface area is 74.5 Å². The van der Waals surface area contributed by atoms with Gasteiger partial charge in [-0.1, -0.05) is 0 Å². The van der Waals surface area contributed by atoms with Crippen LogP contribution in [0.15, 0.2) is 0 Å². The van der Waals surface area contributed by atoms with E-state index in [1.807, 2.05) is 0 Å². The highest BCUT2D eigenvalue weighted by molar-refractivity contribution is 4.51. The maximum atomic E-state index is 8.45. The Balaban J connectivity index is 2.73. The molecule has 0 rings (SSSR count). The van der Waals surface area contributed by atoms with E-state index in [1.54, 1.807) is 0 Å². The van der Waals surface area contributed by atoms with Gasteiger partial charge in [0.2, 0.25) is 0 Å². The molecule has 0 radical (unpaired) electrons. The van der Waals surface area contributed by atoms with Gasteiger partial charge in [-0.3, -0.25) is 0 Å². The Bertz CT molecular complexity index is 70.7. The van der Waals surface area contributed by atoms with Crippen LogP contribution in [0, 0.1) is 0 Å². The largest absolute Gasteiger partial charge is 0.395 e. The SMILES string of the molecule is NCCCNCCCNCCO. The molecule has 0 aromatic heterocycles. The fourth-order valence-electron chi connectivity index (χ4n) is 0.895. The quantitative estimate of drug-likeness (QED) is 0.336. The number of hydrogen-bond acceptors (Lipinski definition) is 4. The van der Waals surface area contributed by atoms with Crippen molar-refractivity contribution < 1.29 is 5.11 Å². The highest BCUT2D eigenvalue weighted by atomic mass is 16.3. The summed E-state index contributed by atoms with van der Waals surface area (Å²) < 4.78 is 0. The third-order valence-corrected chi connectivity index (χ3v) is 1.55. The Hall–Kier alpha value is -0.160. The van der Waals surface area contributed by atoms with Crippen LogP contribution in [0.3, 0.4) is 0 Å². The van der Waals surface area contributed by atoms with E-state index in [0.717, 1.165) is 39.0 Å². The summed E-state index contributed by atoms with van der Waals surface area (Å²) in [5, 5.41) is 14.8. The van der Waals surface area contributed by atoms with Crippen LogP contribution < -0.4 is 16.4 Å². The number of rotatable bonds is 9. The lowest BCUT2D eigenvalue weighted by atomic mass is 10.4. The summed E-state index contributed by atoms with van der Waals surface area (Å²) in [6, 6.07) is 0. The second-order valence-electron chi connectivity index (χ2n) is 2.72. The number of nitrogens with one attached hydrogen (secondary N) is 2. The zero-order chi connectivity index (χ0) is 9.07. The first-order chi connectivity index (χ1) is 5.91. The second kappa shape index (κ2) is 10.8. The van der Waals surface area contributed by atoms with Gasteiger partial charge >= 0.3 is 0 Å². The molecule has 0 spiro atoms. The Kier molecular flexibility index (Phi) is 10.7. The molecule has 0 heterocycles. The first kappa shape index (κ1) is 11.8. The van der Waals surface area contributed by atoms with Crippen LogP contribution in [0.5, 0.6) is 0 Å². The molecule has 0 aliphatic carbocycles. The van der Waals surface area contributed by atoms with Gasteiger partial charge in [0.05, 0.1) is 6.61 Å². The summed E-state index contributed by atoms with van der Waals surface area (Å²) in [5.41, 5.74) is 5.33. The number of aliphatic hydroxyl groups is 1. The molecule has 5 N–H and O–H groups in total. The molecule has 0 saturated heterocycles. The second-order valence-corrected chi connectivity index (χ2v) is 2.72. The van der Waals surface area contributed by atoms with Gasteiger partial charge in [-0.25, -0.2) is 0 Å². The van der Waals surface area contributed by atoms with Crippen molar-refractivity contribution in [3.8, 4) is 0 Å². The smallest absolute Gasteiger partial charge is 0.0555 e. The third kappa shape index (κ3) is 9.84. The maximum absolute atomic E-state index is 8.45. The molecule has 0 fully saturated rings. The van der Waals surface area contributed by atoms with Crippen LogP contribution in [0.1, 0.15) is 12.8 Å². The minimum absolute atomic E-state index is 0.223. The van der Waals surface area contributed by atoms with Gasteiger partial charge < -0.3 is 21.5 Å². The lowest BCUT2D eigenvalue weighted by Crippen LogP contribution is -2.25. The van der Waals surface area contributed by atoms with Crippen LogP contribution >= 0.6 is 0 Å². The fraction of sp³-hybridized carbons (Fsp3) is 1.00. The minimum Gasteiger partial charge on any atom is -0.395 e. The summed E-state index contributed by atoms with van der Waals surface area (Å²) in [6.45, 7) is 4.68. The molecule has 0 aromatic rings. The Morgan fingerprint density at radius 3 is 2.08 bits per heavy atom. The van der Waals surface area contributed by atoms with Gasteiger partial charge in [-0.15, -0.1) is 0 Å². The monoisotopic (exact) mass is 175 g/mol. The molecule has 0 aromatic carbocycles. The van der Waals surface area contributed by atoms with E-state index in [9.17, 15) is 0 Å². The van der Waals surface area contributed by atoms with Gasteiger partial charge in [0.15, 0.2) is 0 Å². The first-order valence-corrected chi connectivity index (χ1v) is 4.64. The molecule has 0 atom stereocenters. The van der Waals surface area contributed by atoms with Crippen LogP contribution in [-0.2, 0) is 0 Å². The van der Waals surface area contributed by atoms with E-state index in [0.29, 0.717) is 6.54 Å². The number of nitrogens with two attached hydrogens (primary N) is 1. The molecule has 74 valence electrons. The molecule has 0 aliphatic heterocycles. The Morgan fingerprint density at radius 2 is 1.50 bits per heavy atom. The molecule has 0 bridgehead atoms. The van der Waals surface area contributed by atoms with E-state index < -0.39 is 0 Å². The molecule has 4 nitrogen and oxygen atoms in total. The van der Waals surface area contributed by atoms with Crippen molar-refractivity contribution in [1.82, 2.24) is 10.6 Å². The van der Waals surface area contributed by atoms with Crippen LogP contribution in [-0.4, -0.2) is 44.4 Å². The topological polar surface area (TPSA) is 70.3 Å². The van der Waals surface area contributed by atoms with E-state index in [-0.39, 0.29) is 6.61 Å². The molecular formula is C8H21N3O. The van der Waals surface area contributed by atoms with Crippen LogP contribution in [0.4, 0.5) is 0 Å². The maximum Gasteiger partial charge on any atom is 0.0555 e. The average molecular weight is 175 g/mol. The van der Waals surface area contributed by atoms with Crippen molar-refractivity contribution in [3.63, 3.8) is 0 Å². The lowest BCUT2D eigenvalue weighted by molar-refractivity contribution is 0.292. The summed E-state index contributed by atoms with van der Waals surface area (Å²) >= 11 is 0. The minimum atomic E-state index is 0.223. The molecule has 0 saturated carbocycles. The van der Waals surface area contributed by atoms with E-state index in [1.165, 1.54) is 0 Å². The van der Waals surface area contributed by atoms with Crippen molar-refractivity contribution in [2.45, 2.75) is 12.8 Å². The first-order valence-electron chi connectivity index (χ1n) is 4.64. The van der Waals surface area contributed by atoms with Crippen molar-refractivity contribution in [1.29, 1.82) is 0 Å². The van der Waals surface area contributed by atoms with E-state index >= 15 is 0 Å². The zero-order valence-electron chi connectivity index (χ0n) is 7.68. The predicted molar refractivity (Wildman–Crippen MR) is 51.1 cm³/mol. The highest BCUT2D eigenvalue weighted by Gasteiger charge is 1.87. The zero-order valence-corrected chi connectivity index (χ0v) is 7.68. The molecule has 12 heavy (non-hydrogen) atoms. The summed E-state index contributed by atoms with van der Waals surface area (Å²) in [4.78, 5) is 0. The molecule has 0 amide bonds. The van der Waals surface area contributed by atoms with Crippen molar-refractivity contribution >= 4 is 0 Å². The predicted octanol–water partition coefficient (Wildman–Crippen LogP) is -1.10. The number of hydrogen-bond donors (Lipinski definition) is 4. The molecule has 0 aliphatic rings. The van der Waals surface area contributed by atoms with Crippen LogP contribution in [0.25, 0.3) is 0 Å². The van der Waals surface area contributed by atoms with Gasteiger partial charge in [0, 0.05) is 6.54 Å². The van der Waals surface area contributed by atoms with Crippen molar-refractivity contribution in [2.24, 2.45) is 5.73 Å². The average Bonchev–Trinajstić information content (AvgIpc) is 2.10. The molecular weight excluding hydrogens is 154 g/mol. The van der Waals surface area contributed by atoms with Gasteiger partial charge in [0.1, 0.15) is 0 Å². The van der Waals surface area contributed by atoms with Gasteiger partial charge in [-0.2, -0.15) is 0 Å². The molecule has 0 unspecified atom stereocenters.